The van der Waals surface area contributed by atoms with Crippen molar-refractivity contribution in [1.29, 1.82) is 0 Å². The van der Waals surface area contributed by atoms with Crippen molar-refractivity contribution in [2.75, 3.05) is 15.8 Å². The Morgan fingerprint density at radius 2 is 1.62 bits per heavy atom. The number of hydrogen-bond acceptors (Lipinski definition) is 4. The van der Waals surface area contributed by atoms with Crippen molar-refractivity contribution in [3.05, 3.63) is 83.4 Å². The van der Waals surface area contributed by atoms with Crippen LogP contribution in [-0.2, 0) is 14.8 Å². The number of anilines is 2. The molecule has 0 heterocycles. The maximum absolute atomic E-state index is 12.3. The van der Waals surface area contributed by atoms with Gasteiger partial charge in [0.2, 0.25) is 5.91 Å². The quantitative estimate of drug-likeness (QED) is 0.490. The first-order valence-corrected chi connectivity index (χ1v) is 11.5. The highest BCUT2D eigenvalue weighted by atomic mass is 35.5. The Hall–Kier alpha value is -2.48. The van der Waals surface area contributed by atoms with Crippen molar-refractivity contribution >= 4 is 50.7 Å². The Labute approximate surface area is 179 Å². The van der Waals surface area contributed by atoms with Crippen molar-refractivity contribution in [1.82, 2.24) is 0 Å². The topological polar surface area (TPSA) is 75.3 Å². The Bertz CT molecular complexity index is 1100. The van der Waals surface area contributed by atoms with Gasteiger partial charge in [0.25, 0.3) is 10.0 Å². The maximum atomic E-state index is 12.3. The smallest absolute Gasteiger partial charge is 0.261 e. The predicted molar refractivity (Wildman–Crippen MR) is 119 cm³/mol. The maximum Gasteiger partial charge on any atom is 0.261 e. The molecule has 3 rings (SSSR count). The standard InChI is InChI=1S/C21H19ClN2O3S2/c1-15-7-8-17(13-20(15)22)23-21(25)14-28-18-11-9-16(10-12-18)24-29(26,27)19-5-3-2-4-6-19/h2-13,24H,14H2,1H3,(H,23,25). The zero-order valence-corrected chi connectivity index (χ0v) is 17.9. The molecule has 3 aromatic carbocycles. The number of hydrogen-bond donors (Lipinski definition) is 2. The summed E-state index contributed by atoms with van der Waals surface area (Å²) in [7, 11) is -3.62. The number of carbonyl (C=O) groups excluding carboxylic acids is 1. The van der Waals surface area contributed by atoms with Gasteiger partial charge in [0, 0.05) is 21.3 Å². The van der Waals surface area contributed by atoms with Crippen molar-refractivity contribution in [3.8, 4) is 0 Å². The van der Waals surface area contributed by atoms with Crippen LogP contribution in [0.2, 0.25) is 5.02 Å². The van der Waals surface area contributed by atoms with Gasteiger partial charge in [-0.05, 0) is 61.0 Å². The normalized spacial score (nSPS) is 11.1. The third-order valence-electron chi connectivity index (χ3n) is 3.99. The molecule has 0 bridgehead atoms. The fourth-order valence-corrected chi connectivity index (χ4v) is 4.41. The van der Waals surface area contributed by atoms with E-state index in [1.165, 1.54) is 23.9 Å². The van der Waals surface area contributed by atoms with E-state index in [1.807, 2.05) is 13.0 Å². The van der Waals surface area contributed by atoms with Crippen LogP contribution in [0.4, 0.5) is 11.4 Å². The highest BCUT2D eigenvalue weighted by Crippen LogP contribution is 2.23. The summed E-state index contributed by atoms with van der Waals surface area (Å²) >= 11 is 7.42. The molecule has 3 aromatic rings. The van der Waals surface area contributed by atoms with E-state index < -0.39 is 10.0 Å². The first-order valence-electron chi connectivity index (χ1n) is 8.70. The number of sulfonamides is 1. The van der Waals surface area contributed by atoms with Crippen molar-refractivity contribution in [2.24, 2.45) is 0 Å². The lowest BCUT2D eigenvalue weighted by Gasteiger charge is -2.09. The van der Waals surface area contributed by atoms with Gasteiger partial charge in [-0.2, -0.15) is 0 Å². The molecule has 0 unspecified atom stereocenters. The van der Waals surface area contributed by atoms with Crippen LogP contribution in [0, 0.1) is 6.92 Å². The van der Waals surface area contributed by atoms with E-state index in [4.69, 9.17) is 11.6 Å². The van der Waals surface area contributed by atoms with E-state index in [-0.39, 0.29) is 16.6 Å². The molecule has 0 aliphatic rings. The summed E-state index contributed by atoms with van der Waals surface area (Å²) in [5, 5.41) is 3.41. The van der Waals surface area contributed by atoms with Crippen LogP contribution in [0.1, 0.15) is 5.56 Å². The van der Waals surface area contributed by atoms with Crippen molar-refractivity contribution in [3.63, 3.8) is 0 Å². The molecule has 0 aliphatic heterocycles. The largest absolute Gasteiger partial charge is 0.325 e. The Kier molecular flexibility index (Phi) is 6.84. The van der Waals surface area contributed by atoms with Gasteiger partial charge in [0.1, 0.15) is 0 Å². The van der Waals surface area contributed by atoms with Gasteiger partial charge in [-0.25, -0.2) is 8.42 Å². The van der Waals surface area contributed by atoms with Gasteiger partial charge < -0.3 is 5.32 Å². The number of thioether (sulfide) groups is 1. The molecule has 0 spiro atoms. The van der Waals surface area contributed by atoms with Crippen LogP contribution in [0.5, 0.6) is 0 Å². The van der Waals surface area contributed by atoms with Crippen LogP contribution in [0.3, 0.4) is 0 Å². The summed E-state index contributed by atoms with van der Waals surface area (Å²) in [6.45, 7) is 1.90. The molecule has 0 saturated carbocycles. The highest BCUT2D eigenvalue weighted by molar-refractivity contribution is 8.00. The lowest BCUT2D eigenvalue weighted by atomic mass is 10.2. The van der Waals surface area contributed by atoms with Crippen LogP contribution in [-0.4, -0.2) is 20.1 Å². The molecule has 2 N–H and O–H groups in total. The van der Waals surface area contributed by atoms with E-state index in [9.17, 15) is 13.2 Å². The molecule has 150 valence electrons. The van der Waals surface area contributed by atoms with Gasteiger partial charge >= 0.3 is 0 Å². The monoisotopic (exact) mass is 446 g/mol. The minimum Gasteiger partial charge on any atom is -0.325 e. The number of rotatable bonds is 7. The van der Waals surface area contributed by atoms with Crippen LogP contribution in [0.25, 0.3) is 0 Å². The van der Waals surface area contributed by atoms with E-state index >= 15 is 0 Å². The van der Waals surface area contributed by atoms with Crippen LogP contribution in [0.15, 0.2) is 82.6 Å². The number of halogens is 1. The molecule has 0 aromatic heterocycles. The lowest BCUT2D eigenvalue weighted by molar-refractivity contribution is -0.113. The summed E-state index contributed by atoms with van der Waals surface area (Å²) in [5.41, 5.74) is 2.05. The minimum absolute atomic E-state index is 0.149. The summed E-state index contributed by atoms with van der Waals surface area (Å²) in [4.78, 5) is 13.2. The second-order valence-electron chi connectivity index (χ2n) is 6.24. The minimum atomic E-state index is -3.62. The third kappa shape index (κ3) is 6.00. The molecule has 0 atom stereocenters. The first-order chi connectivity index (χ1) is 13.8. The number of nitrogens with one attached hydrogen (secondary N) is 2. The van der Waals surface area contributed by atoms with Crippen molar-refractivity contribution < 1.29 is 13.2 Å². The van der Waals surface area contributed by atoms with Gasteiger partial charge in [-0.1, -0.05) is 35.9 Å². The third-order valence-corrected chi connectivity index (χ3v) is 6.80. The van der Waals surface area contributed by atoms with Gasteiger partial charge in [0.05, 0.1) is 10.6 Å². The molecular formula is C21H19ClN2O3S2. The molecule has 0 fully saturated rings. The van der Waals surface area contributed by atoms with Gasteiger partial charge in [0.15, 0.2) is 0 Å². The summed E-state index contributed by atoms with van der Waals surface area (Å²) in [5.74, 6) is 0.0735. The molecule has 8 heteroatoms. The van der Waals surface area contributed by atoms with Gasteiger partial charge in [-0.3, -0.25) is 9.52 Å². The van der Waals surface area contributed by atoms with Crippen molar-refractivity contribution in [2.45, 2.75) is 16.7 Å². The Morgan fingerprint density at radius 1 is 0.966 bits per heavy atom. The molecular weight excluding hydrogens is 428 g/mol. The number of amides is 1. The Morgan fingerprint density at radius 3 is 2.28 bits per heavy atom. The number of carbonyl (C=O) groups is 1. The number of aryl methyl sites for hydroxylation is 1. The van der Waals surface area contributed by atoms with E-state index in [0.29, 0.717) is 16.4 Å². The SMILES string of the molecule is Cc1ccc(NC(=O)CSc2ccc(NS(=O)(=O)c3ccccc3)cc2)cc1Cl. The first kappa shape index (κ1) is 21.2. The second kappa shape index (κ2) is 9.35. The summed E-state index contributed by atoms with van der Waals surface area (Å²) in [6, 6.07) is 20.4. The second-order valence-corrected chi connectivity index (χ2v) is 9.38. The van der Waals surface area contributed by atoms with Gasteiger partial charge in [-0.15, -0.1) is 11.8 Å². The predicted octanol–water partition coefficient (Wildman–Crippen LogP) is 5.18. The molecule has 0 saturated heterocycles. The van der Waals surface area contributed by atoms with E-state index in [0.717, 1.165) is 10.5 Å². The summed E-state index contributed by atoms with van der Waals surface area (Å²) < 4.78 is 27.2. The Balaban J connectivity index is 1.55. The van der Waals surface area contributed by atoms with E-state index in [2.05, 4.69) is 10.0 Å². The summed E-state index contributed by atoms with van der Waals surface area (Å²) in [6.07, 6.45) is 0. The molecule has 29 heavy (non-hydrogen) atoms. The average molecular weight is 447 g/mol. The molecule has 1 amide bonds. The van der Waals surface area contributed by atoms with Crippen LogP contribution < -0.4 is 10.0 Å². The highest BCUT2D eigenvalue weighted by Gasteiger charge is 2.13. The van der Waals surface area contributed by atoms with Crippen LogP contribution >= 0.6 is 23.4 Å². The fourth-order valence-electron chi connectivity index (χ4n) is 2.45. The fraction of sp³-hybridized carbons (Fsp3) is 0.0952. The molecule has 0 radical (unpaired) electrons. The van der Waals surface area contributed by atoms with E-state index in [1.54, 1.807) is 54.6 Å². The average Bonchev–Trinajstić information content (AvgIpc) is 2.71. The lowest BCUT2D eigenvalue weighted by Crippen LogP contribution is -2.14. The molecule has 5 nitrogen and oxygen atoms in total. The molecule has 0 aliphatic carbocycles. The number of benzene rings is 3. The zero-order chi connectivity index (χ0) is 20.9. The zero-order valence-electron chi connectivity index (χ0n) is 15.6.